The number of methoxy groups -OCH3 is 1. The normalized spacial score (nSPS) is 8.58. The number of benzene rings is 1. The zero-order chi connectivity index (χ0) is 13.7. The summed E-state index contributed by atoms with van der Waals surface area (Å²) in [5.41, 5.74) is 1.77. The molecule has 1 rings (SSSR count). The quantitative estimate of drug-likeness (QED) is 0.624. The summed E-state index contributed by atoms with van der Waals surface area (Å²) < 4.78 is 4.54. The summed E-state index contributed by atoms with van der Waals surface area (Å²) in [5, 5.41) is 0. The molecule has 1 nitrogen and oxygen atoms in total. The Hall–Kier alpha value is -0.820. The zero-order valence-electron chi connectivity index (χ0n) is 12.7. The van der Waals surface area contributed by atoms with E-state index < -0.39 is 0 Å². The van der Waals surface area contributed by atoms with Crippen LogP contribution in [0.1, 0.15) is 68.4 Å². The molecule has 0 atom stereocenters. The van der Waals surface area contributed by atoms with Gasteiger partial charge in [0.2, 0.25) is 0 Å². The second kappa shape index (κ2) is 17.2. The van der Waals surface area contributed by atoms with E-state index in [9.17, 15) is 0 Å². The van der Waals surface area contributed by atoms with Gasteiger partial charge in [0.05, 0.1) is 0 Å². The first-order chi connectivity index (χ1) is 8.08. The van der Waals surface area contributed by atoms with Crippen LogP contribution in [-0.2, 0) is 10.2 Å². The molecule has 0 aliphatic heterocycles. The van der Waals surface area contributed by atoms with Crippen molar-refractivity contribution in [3.05, 3.63) is 35.9 Å². The van der Waals surface area contributed by atoms with E-state index in [0.717, 1.165) is 6.61 Å². The van der Waals surface area contributed by atoms with Crippen molar-refractivity contribution in [2.24, 2.45) is 0 Å². The van der Waals surface area contributed by atoms with Crippen molar-refractivity contribution in [2.45, 2.75) is 68.2 Å². The lowest BCUT2D eigenvalue weighted by Crippen LogP contribution is -2.14. The standard InChI is InChI=1S/C11H16.C3H8O.C2H6.2CH4/c1-4-11(2,3)10-8-6-5-7-9-10;1-3-4-2;1-2;;/h5-9H,4H2,1-3H3;3H2,1-2H3;1-2H3;2*1H4. The highest BCUT2D eigenvalue weighted by molar-refractivity contribution is 5.22. The molecule has 1 aromatic carbocycles. The summed E-state index contributed by atoms with van der Waals surface area (Å²) in [7, 11) is 1.68. The van der Waals surface area contributed by atoms with E-state index in [-0.39, 0.29) is 14.9 Å². The van der Waals surface area contributed by atoms with Crippen LogP contribution in [0.5, 0.6) is 0 Å². The van der Waals surface area contributed by atoms with Gasteiger partial charge in [-0.2, -0.15) is 0 Å². The molecule has 0 aromatic heterocycles. The van der Waals surface area contributed by atoms with Crippen molar-refractivity contribution in [1.82, 2.24) is 0 Å². The molecule has 0 aliphatic rings. The molecule has 0 unspecified atom stereocenters. The molecule has 0 amide bonds. The van der Waals surface area contributed by atoms with E-state index in [1.54, 1.807) is 7.11 Å². The monoisotopic (exact) mass is 270 g/mol. The van der Waals surface area contributed by atoms with E-state index in [1.807, 2.05) is 20.8 Å². The Morgan fingerprint density at radius 3 is 1.58 bits per heavy atom. The van der Waals surface area contributed by atoms with E-state index in [1.165, 1.54) is 12.0 Å². The van der Waals surface area contributed by atoms with Crippen LogP contribution in [0, 0.1) is 0 Å². The molecule has 0 radical (unpaired) electrons. The van der Waals surface area contributed by atoms with Crippen LogP contribution in [0.4, 0.5) is 0 Å². The van der Waals surface area contributed by atoms with Crippen LogP contribution in [0.3, 0.4) is 0 Å². The third kappa shape index (κ3) is 13.4. The summed E-state index contributed by atoms with van der Waals surface area (Å²) >= 11 is 0. The average Bonchev–Trinajstić information content (AvgIpc) is 2.42. The van der Waals surface area contributed by atoms with Crippen LogP contribution in [0.25, 0.3) is 0 Å². The molecule has 1 heteroatoms. The molecular weight excluding hydrogens is 232 g/mol. The molecule has 0 N–H and O–H groups in total. The zero-order valence-corrected chi connectivity index (χ0v) is 12.7. The predicted molar refractivity (Wildman–Crippen MR) is 92.1 cm³/mol. The minimum Gasteiger partial charge on any atom is -0.385 e. The van der Waals surface area contributed by atoms with E-state index in [4.69, 9.17) is 0 Å². The van der Waals surface area contributed by atoms with Gasteiger partial charge in [-0.25, -0.2) is 0 Å². The first-order valence-corrected chi connectivity index (χ1v) is 6.63. The van der Waals surface area contributed by atoms with Crippen molar-refractivity contribution in [1.29, 1.82) is 0 Å². The SMILES string of the molecule is C.C.CC.CCC(C)(C)c1ccccc1.CCOC. The Labute approximate surface area is 123 Å². The molecule has 0 saturated carbocycles. The van der Waals surface area contributed by atoms with Gasteiger partial charge >= 0.3 is 0 Å². The van der Waals surface area contributed by atoms with Crippen molar-refractivity contribution in [3.8, 4) is 0 Å². The van der Waals surface area contributed by atoms with Gasteiger partial charge in [-0.15, -0.1) is 0 Å². The lowest BCUT2D eigenvalue weighted by atomic mass is 9.82. The van der Waals surface area contributed by atoms with Gasteiger partial charge in [-0.3, -0.25) is 0 Å². The highest BCUT2D eigenvalue weighted by Gasteiger charge is 2.16. The molecule has 0 aliphatic carbocycles. The molecule has 0 saturated heterocycles. The largest absolute Gasteiger partial charge is 0.385 e. The average molecular weight is 271 g/mol. The Morgan fingerprint density at radius 2 is 1.32 bits per heavy atom. The molecule has 1 aromatic rings. The Morgan fingerprint density at radius 1 is 0.947 bits per heavy atom. The first kappa shape index (κ1) is 26.7. The Balaban J connectivity index is -0.000000123. The maximum absolute atomic E-state index is 4.54. The maximum atomic E-state index is 4.54. The second-order valence-corrected chi connectivity index (χ2v) is 4.18. The van der Waals surface area contributed by atoms with Gasteiger partial charge < -0.3 is 4.74 Å². The number of hydrogen-bond donors (Lipinski definition) is 0. The van der Waals surface area contributed by atoms with E-state index >= 15 is 0 Å². The summed E-state index contributed by atoms with van der Waals surface area (Å²) in [4.78, 5) is 0. The topological polar surface area (TPSA) is 9.23 Å². The van der Waals surface area contributed by atoms with Gasteiger partial charge in [0.15, 0.2) is 0 Å². The second-order valence-electron chi connectivity index (χ2n) is 4.18. The molecule has 0 bridgehead atoms. The van der Waals surface area contributed by atoms with Crippen molar-refractivity contribution in [3.63, 3.8) is 0 Å². The van der Waals surface area contributed by atoms with Gasteiger partial charge in [-0.1, -0.05) is 79.8 Å². The van der Waals surface area contributed by atoms with Crippen LogP contribution < -0.4 is 0 Å². The van der Waals surface area contributed by atoms with Crippen molar-refractivity contribution >= 4 is 0 Å². The Kier molecular flexibility index (Phi) is 24.1. The smallest absolute Gasteiger partial charge is 0.0433 e. The van der Waals surface area contributed by atoms with Crippen molar-refractivity contribution in [2.75, 3.05) is 13.7 Å². The fourth-order valence-electron chi connectivity index (χ4n) is 1.09. The molecule has 0 heterocycles. The lowest BCUT2D eigenvalue weighted by molar-refractivity contribution is 0.215. The summed E-state index contributed by atoms with van der Waals surface area (Å²) in [5.74, 6) is 0. The summed E-state index contributed by atoms with van der Waals surface area (Å²) in [6, 6.07) is 10.7. The molecule has 0 fully saturated rings. The fourth-order valence-corrected chi connectivity index (χ4v) is 1.09. The van der Waals surface area contributed by atoms with Crippen LogP contribution in [0.2, 0.25) is 0 Å². The first-order valence-electron chi connectivity index (χ1n) is 6.63. The highest BCUT2D eigenvalue weighted by Crippen LogP contribution is 2.25. The van der Waals surface area contributed by atoms with Crippen LogP contribution in [-0.4, -0.2) is 13.7 Å². The number of hydrogen-bond acceptors (Lipinski definition) is 1. The van der Waals surface area contributed by atoms with Gasteiger partial charge in [0.1, 0.15) is 0 Å². The third-order valence-corrected chi connectivity index (χ3v) is 2.73. The maximum Gasteiger partial charge on any atom is 0.0433 e. The van der Waals surface area contributed by atoms with Crippen molar-refractivity contribution < 1.29 is 4.74 Å². The molecule has 0 spiro atoms. The fraction of sp³-hybridized carbons (Fsp3) is 0.667. The summed E-state index contributed by atoms with van der Waals surface area (Å²) in [6.07, 6.45) is 1.19. The molecule has 116 valence electrons. The van der Waals surface area contributed by atoms with E-state index in [0.29, 0.717) is 5.41 Å². The third-order valence-electron chi connectivity index (χ3n) is 2.73. The van der Waals surface area contributed by atoms with Crippen LogP contribution >= 0.6 is 0 Å². The van der Waals surface area contributed by atoms with Crippen LogP contribution in [0.15, 0.2) is 30.3 Å². The predicted octanol–water partition coefficient (Wildman–Crippen LogP) is 6.33. The minimum atomic E-state index is 0. The summed E-state index contributed by atoms with van der Waals surface area (Å²) in [6.45, 7) is 13.6. The number of ether oxygens (including phenoxy) is 1. The molecule has 19 heavy (non-hydrogen) atoms. The van der Waals surface area contributed by atoms with Gasteiger partial charge in [0.25, 0.3) is 0 Å². The lowest BCUT2D eigenvalue weighted by Gasteiger charge is -2.22. The molecular formula is C18H38O. The Bertz CT molecular complexity index is 237. The number of rotatable bonds is 3. The van der Waals surface area contributed by atoms with Gasteiger partial charge in [-0.05, 0) is 24.3 Å². The minimum absolute atomic E-state index is 0. The van der Waals surface area contributed by atoms with E-state index in [2.05, 4.69) is 55.8 Å². The highest BCUT2D eigenvalue weighted by atomic mass is 16.5. The van der Waals surface area contributed by atoms with Gasteiger partial charge in [0, 0.05) is 13.7 Å².